The minimum atomic E-state index is -0.670. The fraction of sp³-hybridized carbons (Fsp3) is 0.882. The molecule has 57 heavy (non-hydrogen) atoms. The molecule has 1 amide bonds. The van der Waals surface area contributed by atoms with Crippen molar-refractivity contribution in [1.82, 2.24) is 5.32 Å². The first-order valence-corrected chi connectivity index (χ1v) is 25.1. The third kappa shape index (κ3) is 43.7. The Hall–Kier alpha value is -1.66. The Balaban J connectivity index is 3.44. The fourth-order valence-electron chi connectivity index (χ4n) is 7.57. The number of unbranched alkanes of at least 4 members (excludes halogenated alkanes) is 31. The summed E-state index contributed by atoms with van der Waals surface area (Å²) in [4.78, 5) is 24.4. The van der Waals surface area contributed by atoms with Gasteiger partial charge in [0.25, 0.3) is 0 Å². The van der Waals surface area contributed by atoms with Gasteiger partial charge in [0.05, 0.1) is 25.4 Å². The van der Waals surface area contributed by atoms with Gasteiger partial charge in [0.2, 0.25) is 5.91 Å². The Kier molecular flexibility index (Phi) is 45.7. The number of nitrogens with one attached hydrogen (secondary N) is 1. The molecule has 6 heteroatoms. The van der Waals surface area contributed by atoms with Crippen LogP contribution in [0, 0.1) is 0 Å². The molecule has 0 heterocycles. The summed E-state index contributed by atoms with van der Waals surface area (Å²) in [6.45, 7) is 4.89. The highest BCUT2D eigenvalue weighted by Crippen LogP contribution is 2.15. The van der Waals surface area contributed by atoms with Crippen LogP contribution < -0.4 is 5.32 Å². The second-order valence-corrected chi connectivity index (χ2v) is 17.1. The van der Waals surface area contributed by atoms with Crippen LogP contribution in [0.3, 0.4) is 0 Å². The molecule has 0 aliphatic heterocycles. The Labute approximate surface area is 354 Å². The van der Waals surface area contributed by atoms with Gasteiger partial charge in [-0.2, -0.15) is 0 Å². The molecule has 0 fully saturated rings. The van der Waals surface area contributed by atoms with E-state index in [1.165, 1.54) is 173 Å². The van der Waals surface area contributed by atoms with Crippen molar-refractivity contribution < 1.29 is 24.5 Å². The lowest BCUT2D eigenvalue weighted by molar-refractivity contribution is -0.143. The number of hydrogen-bond donors (Lipinski definition) is 3. The Morgan fingerprint density at radius 3 is 1.28 bits per heavy atom. The number of aliphatic hydroxyl groups is 2. The molecule has 6 nitrogen and oxygen atoms in total. The SMILES string of the molecule is CCCCC/C=C\CCCCCCCC(=O)OCCCCCCCCCCC/C=C\CCCCCCCC(=O)NC(CO)C(O)CCCCCCCCCCCC. The minimum Gasteiger partial charge on any atom is -0.466 e. The van der Waals surface area contributed by atoms with Crippen molar-refractivity contribution >= 4 is 11.9 Å². The standard InChI is InChI=1S/C51H97NO5/c1-3-5-7-9-11-13-15-25-29-33-37-41-45-51(56)57-46-42-38-34-30-26-23-21-19-17-16-18-20-22-24-28-32-36-40-44-50(55)52-48(47-53)49(54)43-39-35-31-27-14-12-10-8-6-4-2/h11,13,18,20,48-49,53-54H,3-10,12,14-17,19,21-47H2,1-2H3,(H,52,55)/b13-11-,20-18-. The second-order valence-electron chi connectivity index (χ2n) is 17.1. The molecule has 2 unspecified atom stereocenters. The zero-order chi connectivity index (χ0) is 41.5. The summed E-state index contributed by atoms with van der Waals surface area (Å²) in [5, 5.41) is 23.1. The predicted molar refractivity (Wildman–Crippen MR) is 246 cm³/mol. The molecule has 0 saturated carbocycles. The maximum atomic E-state index is 12.4. The average molecular weight is 804 g/mol. The summed E-state index contributed by atoms with van der Waals surface area (Å²) in [7, 11) is 0. The predicted octanol–water partition coefficient (Wildman–Crippen LogP) is 14.7. The van der Waals surface area contributed by atoms with Crippen LogP contribution >= 0.6 is 0 Å². The van der Waals surface area contributed by atoms with E-state index in [1.807, 2.05) is 0 Å². The summed E-state index contributed by atoms with van der Waals surface area (Å²) in [5.74, 6) is -0.0595. The van der Waals surface area contributed by atoms with Gasteiger partial charge in [-0.05, 0) is 77.0 Å². The lowest BCUT2D eigenvalue weighted by atomic mass is 10.0. The van der Waals surface area contributed by atoms with Gasteiger partial charge in [0.1, 0.15) is 0 Å². The lowest BCUT2D eigenvalue weighted by Crippen LogP contribution is -2.45. The minimum absolute atomic E-state index is 0.00772. The lowest BCUT2D eigenvalue weighted by Gasteiger charge is -2.22. The van der Waals surface area contributed by atoms with Crippen LogP contribution in [-0.4, -0.2) is 47.4 Å². The van der Waals surface area contributed by atoms with E-state index in [0.717, 1.165) is 57.8 Å². The average Bonchev–Trinajstić information content (AvgIpc) is 3.21. The van der Waals surface area contributed by atoms with Crippen LogP contribution in [-0.2, 0) is 14.3 Å². The number of carbonyl (C=O) groups is 2. The van der Waals surface area contributed by atoms with E-state index in [0.29, 0.717) is 25.9 Å². The maximum Gasteiger partial charge on any atom is 0.305 e. The molecular formula is C51H97NO5. The Bertz CT molecular complexity index is 889. The molecule has 0 rings (SSSR count). The van der Waals surface area contributed by atoms with Gasteiger partial charge in [0.15, 0.2) is 0 Å². The number of rotatable bonds is 46. The highest BCUT2D eigenvalue weighted by molar-refractivity contribution is 5.76. The van der Waals surface area contributed by atoms with E-state index in [-0.39, 0.29) is 18.5 Å². The molecular weight excluding hydrogens is 707 g/mol. The van der Waals surface area contributed by atoms with Gasteiger partial charge in [-0.1, -0.05) is 199 Å². The topological polar surface area (TPSA) is 95.9 Å². The number of amides is 1. The van der Waals surface area contributed by atoms with Gasteiger partial charge in [-0.3, -0.25) is 9.59 Å². The number of aliphatic hydroxyl groups excluding tert-OH is 2. The van der Waals surface area contributed by atoms with E-state index >= 15 is 0 Å². The number of carbonyl (C=O) groups excluding carboxylic acids is 2. The van der Waals surface area contributed by atoms with Gasteiger partial charge in [0, 0.05) is 12.8 Å². The first kappa shape index (κ1) is 55.3. The summed E-state index contributed by atoms with van der Waals surface area (Å²) >= 11 is 0. The third-order valence-corrected chi connectivity index (χ3v) is 11.5. The van der Waals surface area contributed by atoms with Crippen LogP contribution in [0.1, 0.15) is 264 Å². The second kappa shape index (κ2) is 47.0. The van der Waals surface area contributed by atoms with Crippen molar-refractivity contribution in [1.29, 1.82) is 0 Å². The number of esters is 1. The molecule has 0 radical (unpaired) electrons. The normalized spacial score (nSPS) is 12.8. The van der Waals surface area contributed by atoms with Crippen LogP contribution in [0.25, 0.3) is 0 Å². The van der Waals surface area contributed by atoms with Crippen molar-refractivity contribution in [3.63, 3.8) is 0 Å². The smallest absolute Gasteiger partial charge is 0.305 e. The highest BCUT2D eigenvalue weighted by Gasteiger charge is 2.20. The molecule has 0 aromatic rings. The van der Waals surface area contributed by atoms with Crippen molar-refractivity contribution in [2.24, 2.45) is 0 Å². The van der Waals surface area contributed by atoms with Gasteiger partial charge < -0.3 is 20.3 Å². The maximum absolute atomic E-state index is 12.4. The third-order valence-electron chi connectivity index (χ3n) is 11.5. The molecule has 336 valence electrons. The first-order chi connectivity index (χ1) is 28.0. The number of ether oxygens (including phenoxy) is 1. The molecule has 0 aliphatic carbocycles. The van der Waals surface area contributed by atoms with E-state index < -0.39 is 12.1 Å². The van der Waals surface area contributed by atoms with E-state index in [9.17, 15) is 19.8 Å². The molecule has 0 saturated heterocycles. The van der Waals surface area contributed by atoms with Crippen LogP contribution in [0.15, 0.2) is 24.3 Å². The Morgan fingerprint density at radius 2 is 0.825 bits per heavy atom. The van der Waals surface area contributed by atoms with Crippen molar-refractivity contribution in [3.8, 4) is 0 Å². The fourth-order valence-corrected chi connectivity index (χ4v) is 7.57. The van der Waals surface area contributed by atoms with Crippen LogP contribution in [0.4, 0.5) is 0 Å². The molecule has 0 aromatic carbocycles. The van der Waals surface area contributed by atoms with Crippen LogP contribution in [0.2, 0.25) is 0 Å². The Morgan fingerprint density at radius 1 is 0.474 bits per heavy atom. The van der Waals surface area contributed by atoms with Gasteiger partial charge in [-0.25, -0.2) is 0 Å². The van der Waals surface area contributed by atoms with Crippen molar-refractivity contribution in [2.75, 3.05) is 13.2 Å². The summed E-state index contributed by atoms with van der Waals surface area (Å²) in [6, 6.07) is -0.549. The molecule has 0 aromatic heterocycles. The molecule has 0 spiro atoms. The number of hydrogen-bond acceptors (Lipinski definition) is 5. The van der Waals surface area contributed by atoms with Gasteiger partial charge in [-0.15, -0.1) is 0 Å². The van der Waals surface area contributed by atoms with Gasteiger partial charge >= 0.3 is 5.97 Å². The first-order valence-electron chi connectivity index (χ1n) is 25.1. The monoisotopic (exact) mass is 804 g/mol. The summed E-state index contributed by atoms with van der Waals surface area (Å²) < 4.78 is 5.45. The summed E-state index contributed by atoms with van der Waals surface area (Å²) in [6.07, 6.45) is 54.3. The van der Waals surface area contributed by atoms with E-state index in [4.69, 9.17) is 4.74 Å². The largest absolute Gasteiger partial charge is 0.466 e. The molecule has 3 N–H and O–H groups in total. The molecule has 0 aliphatic rings. The molecule has 2 atom stereocenters. The van der Waals surface area contributed by atoms with E-state index in [1.54, 1.807) is 0 Å². The van der Waals surface area contributed by atoms with Crippen LogP contribution in [0.5, 0.6) is 0 Å². The van der Waals surface area contributed by atoms with E-state index in [2.05, 4.69) is 43.5 Å². The number of allylic oxidation sites excluding steroid dienone is 4. The van der Waals surface area contributed by atoms with Crippen molar-refractivity contribution in [2.45, 2.75) is 276 Å². The zero-order valence-electron chi connectivity index (χ0n) is 38.1. The van der Waals surface area contributed by atoms with Crippen molar-refractivity contribution in [3.05, 3.63) is 24.3 Å². The zero-order valence-corrected chi connectivity index (χ0v) is 38.1. The summed E-state index contributed by atoms with van der Waals surface area (Å²) in [5.41, 5.74) is 0. The molecule has 0 bridgehead atoms. The highest BCUT2D eigenvalue weighted by atomic mass is 16.5. The quantitative estimate of drug-likeness (QED) is 0.0324.